The summed E-state index contributed by atoms with van der Waals surface area (Å²) in [6.45, 7) is 5.60. The normalized spacial score (nSPS) is 18.8. The fraction of sp³-hybridized carbons (Fsp3) is 0.417. The van der Waals surface area contributed by atoms with Crippen molar-refractivity contribution < 1.29 is 14.3 Å². The van der Waals surface area contributed by atoms with Gasteiger partial charge in [-0.05, 0) is 17.7 Å². The summed E-state index contributed by atoms with van der Waals surface area (Å²) in [7, 11) is 0. The van der Waals surface area contributed by atoms with E-state index in [-0.39, 0.29) is 17.9 Å². The lowest BCUT2D eigenvalue weighted by molar-refractivity contribution is -0.142. The summed E-state index contributed by atoms with van der Waals surface area (Å²) in [5.74, 6) is 0.0416. The summed E-state index contributed by atoms with van der Waals surface area (Å²) in [6, 6.07) is 16.9. The molecule has 7 nitrogen and oxygen atoms in total. The van der Waals surface area contributed by atoms with Gasteiger partial charge in [-0.3, -0.25) is 19.4 Å². The maximum atomic E-state index is 13.4. The first-order valence-electron chi connectivity index (χ1n) is 11.0. The van der Waals surface area contributed by atoms with Crippen LogP contribution in [0.1, 0.15) is 11.6 Å². The molecule has 170 valence electrons. The minimum Gasteiger partial charge on any atom is -0.378 e. The van der Waals surface area contributed by atoms with Gasteiger partial charge in [0, 0.05) is 39.3 Å². The molecule has 0 aliphatic carbocycles. The van der Waals surface area contributed by atoms with Crippen LogP contribution in [0.2, 0.25) is 5.02 Å². The second-order valence-electron chi connectivity index (χ2n) is 8.09. The number of ether oxygens (including phenoxy) is 1. The van der Waals surface area contributed by atoms with Gasteiger partial charge in [-0.1, -0.05) is 54.1 Å². The number of nitrogens with zero attached hydrogens (tertiary/aromatic N) is 3. The third-order valence-electron chi connectivity index (χ3n) is 5.96. The lowest BCUT2D eigenvalue weighted by Gasteiger charge is -2.40. The summed E-state index contributed by atoms with van der Waals surface area (Å²) < 4.78 is 5.42. The molecule has 1 N–H and O–H groups in total. The number of carbonyl (C=O) groups excluding carboxylic acids is 2. The second-order valence-corrected chi connectivity index (χ2v) is 8.50. The Hall–Kier alpha value is -2.45. The Kier molecular flexibility index (Phi) is 7.76. The maximum absolute atomic E-state index is 13.4. The van der Waals surface area contributed by atoms with Crippen molar-refractivity contribution in [3.05, 3.63) is 65.2 Å². The first-order chi connectivity index (χ1) is 15.6. The highest BCUT2D eigenvalue weighted by molar-refractivity contribution is 6.33. The van der Waals surface area contributed by atoms with Gasteiger partial charge in [-0.25, -0.2) is 0 Å². The van der Waals surface area contributed by atoms with Crippen LogP contribution in [0.3, 0.4) is 0 Å². The van der Waals surface area contributed by atoms with E-state index in [0.717, 1.165) is 31.7 Å². The summed E-state index contributed by atoms with van der Waals surface area (Å²) >= 11 is 6.14. The van der Waals surface area contributed by atoms with Crippen molar-refractivity contribution in [2.45, 2.75) is 6.04 Å². The van der Waals surface area contributed by atoms with Crippen LogP contribution in [-0.2, 0) is 14.3 Å². The van der Waals surface area contributed by atoms with Crippen molar-refractivity contribution in [3.63, 3.8) is 0 Å². The van der Waals surface area contributed by atoms with Gasteiger partial charge in [0.1, 0.15) is 6.04 Å². The highest BCUT2D eigenvalue weighted by atomic mass is 35.5. The van der Waals surface area contributed by atoms with E-state index in [9.17, 15) is 9.59 Å². The molecule has 2 aliphatic heterocycles. The molecule has 2 heterocycles. The van der Waals surface area contributed by atoms with Crippen LogP contribution in [0.15, 0.2) is 54.6 Å². The van der Waals surface area contributed by atoms with E-state index in [1.165, 1.54) is 0 Å². The number of hydrogen-bond acceptors (Lipinski definition) is 5. The third-order valence-corrected chi connectivity index (χ3v) is 6.29. The quantitative estimate of drug-likeness (QED) is 0.723. The molecule has 0 saturated carbocycles. The Morgan fingerprint density at radius 1 is 0.906 bits per heavy atom. The molecule has 4 rings (SSSR count). The molecule has 2 aliphatic rings. The highest BCUT2D eigenvalue weighted by Crippen LogP contribution is 2.25. The van der Waals surface area contributed by atoms with E-state index in [1.54, 1.807) is 12.1 Å². The number of morpholine rings is 1. The van der Waals surface area contributed by atoms with E-state index in [1.807, 2.05) is 47.4 Å². The van der Waals surface area contributed by atoms with Crippen molar-refractivity contribution >= 4 is 29.1 Å². The minimum atomic E-state index is -0.312. The highest BCUT2D eigenvalue weighted by Gasteiger charge is 2.34. The average Bonchev–Trinajstić information content (AvgIpc) is 2.83. The molecule has 2 fully saturated rings. The van der Waals surface area contributed by atoms with Gasteiger partial charge in [-0.2, -0.15) is 0 Å². The number of carbonyl (C=O) groups is 2. The van der Waals surface area contributed by atoms with Crippen LogP contribution >= 0.6 is 11.6 Å². The molecule has 0 spiro atoms. The molecule has 0 aromatic heterocycles. The first kappa shape index (κ1) is 22.7. The van der Waals surface area contributed by atoms with E-state index in [0.29, 0.717) is 43.6 Å². The Bertz CT molecular complexity index is 912. The predicted octanol–water partition coefficient (Wildman–Crippen LogP) is 2.50. The molecule has 2 aromatic rings. The zero-order valence-electron chi connectivity index (χ0n) is 18.1. The average molecular weight is 457 g/mol. The van der Waals surface area contributed by atoms with E-state index >= 15 is 0 Å². The molecule has 0 bridgehead atoms. The summed E-state index contributed by atoms with van der Waals surface area (Å²) in [4.78, 5) is 32.2. The fourth-order valence-electron chi connectivity index (χ4n) is 4.24. The molecular formula is C24H29ClN4O3. The molecule has 2 saturated heterocycles. The molecule has 0 radical (unpaired) electrons. The third kappa shape index (κ3) is 5.66. The second kappa shape index (κ2) is 10.9. The number of nitrogens with one attached hydrogen (secondary N) is 1. The van der Waals surface area contributed by atoms with E-state index in [4.69, 9.17) is 16.3 Å². The van der Waals surface area contributed by atoms with Gasteiger partial charge in [0.05, 0.1) is 30.5 Å². The van der Waals surface area contributed by atoms with Crippen molar-refractivity contribution in [1.29, 1.82) is 0 Å². The van der Waals surface area contributed by atoms with Crippen LogP contribution in [0.4, 0.5) is 5.69 Å². The lowest BCUT2D eigenvalue weighted by atomic mass is 10.0. The number of amides is 2. The number of halogens is 1. The fourth-order valence-corrected chi connectivity index (χ4v) is 4.42. The van der Waals surface area contributed by atoms with Crippen LogP contribution < -0.4 is 5.32 Å². The van der Waals surface area contributed by atoms with Crippen LogP contribution in [0.25, 0.3) is 0 Å². The Balaban J connectivity index is 1.37. The number of para-hydroxylation sites is 1. The number of benzene rings is 2. The zero-order valence-corrected chi connectivity index (χ0v) is 18.8. The summed E-state index contributed by atoms with van der Waals surface area (Å²) in [5.41, 5.74) is 1.63. The van der Waals surface area contributed by atoms with Gasteiger partial charge in [0.2, 0.25) is 11.8 Å². The number of anilines is 1. The number of hydrogen-bond donors (Lipinski definition) is 1. The minimum absolute atomic E-state index is 0.0875. The topological polar surface area (TPSA) is 65.1 Å². The van der Waals surface area contributed by atoms with Gasteiger partial charge in [0.15, 0.2) is 0 Å². The van der Waals surface area contributed by atoms with E-state index < -0.39 is 0 Å². The summed E-state index contributed by atoms with van der Waals surface area (Å²) in [5, 5.41) is 3.41. The molecule has 2 amide bonds. The number of rotatable bonds is 6. The van der Waals surface area contributed by atoms with Gasteiger partial charge in [-0.15, -0.1) is 0 Å². The SMILES string of the molecule is O=C(CN1CCN(C(C(=O)N2CCOCC2)c2ccccc2)CC1)Nc1ccccc1Cl. The standard InChI is InChI=1S/C24H29ClN4O3/c25-20-8-4-5-9-21(20)26-22(30)18-27-10-12-28(13-11-27)23(19-6-2-1-3-7-19)24(31)29-14-16-32-17-15-29/h1-9,23H,10-18H2,(H,26,30). The Morgan fingerprint density at radius 2 is 1.56 bits per heavy atom. The molecule has 2 aromatic carbocycles. The van der Waals surface area contributed by atoms with Crippen molar-refractivity contribution in [2.75, 3.05) is 64.3 Å². The largest absolute Gasteiger partial charge is 0.378 e. The van der Waals surface area contributed by atoms with Crippen molar-refractivity contribution in [1.82, 2.24) is 14.7 Å². The zero-order chi connectivity index (χ0) is 22.3. The predicted molar refractivity (Wildman–Crippen MR) is 125 cm³/mol. The molecule has 32 heavy (non-hydrogen) atoms. The Morgan fingerprint density at radius 3 is 2.25 bits per heavy atom. The number of piperazine rings is 1. The molecular weight excluding hydrogens is 428 g/mol. The van der Waals surface area contributed by atoms with E-state index in [2.05, 4.69) is 15.1 Å². The maximum Gasteiger partial charge on any atom is 0.244 e. The van der Waals surface area contributed by atoms with Gasteiger partial charge >= 0.3 is 0 Å². The van der Waals surface area contributed by atoms with Gasteiger partial charge in [0.25, 0.3) is 0 Å². The first-order valence-corrected chi connectivity index (χ1v) is 11.4. The van der Waals surface area contributed by atoms with Crippen molar-refractivity contribution in [3.8, 4) is 0 Å². The Labute approximate surface area is 193 Å². The smallest absolute Gasteiger partial charge is 0.244 e. The monoisotopic (exact) mass is 456 g/mol. The molecule has 1 unspecified atom stereocenters. The van der Waals surface area contributed by atoms with Gasteiger partial charge < -0.3 is 15.0 Å². The van der Waals surface area contributed by atoms with Crippen LogP contribution in [0.5, 0.6) is 0 Å². The lowest BCUT2D eigenvalue weighted by Crippen LogP contribution is -2.53. The molecule has 1 atom stereocenters. The van der Waals surface area contributed by atoms with Crippen LogP contribution in [-0.4, -0.2) is 85.5 Å². The van der Waals surface area contributed by atoms with Crippen molar-refractivity contribution in [2.24, 2.45) is 0 Å². The summed E-state index contributed by atoms with van der Waals surface area (Å²) in [6.07, 6.45) is 0. The van der Waals surface area contributed by atoms with Crippen LogP contribution in [0, 0.1) is 0 Å². The molecule has 8 heteroatoms.